The molecule has 20 heavy (non-hydrogen) atoms. The van der Waals surface area contributed by atoms with Gasteiger partial charge in [-0.2, -0.15) is 0 Å². The molecule has 4 heteroatoms. The highest BCUT2D eigenvalue weighted by Crippen LogP contribution is 2.31. The maximum atomic E-state index is 11.9. The van der Waals surface area contributed by atoms with Crippen molar-refractivity contribution >= 4 is 5.91 Å². The number of aliphatic hydroxyl groups excluding tert-OH is 1. The Kier molecular flexibility index (Phi) is 3.92. The van der Waals surface area contributed by atoms with Gasteiger partial charge in [-0.3, -0.25) is 4.79 Å². The summed E-state index contributed by atoms with van der Waals surface area (Å²) in [7, 11) is 0. The molecule has 1 aliphatic carbocycles. The Morgan fingerprint density at radius 2 is 2.10 bits per heavy atom. The fourth-order valence-corrected chi connectivity index (χ4v) is 3.06. The Bertz CT molecular complexity index is 494. The monoisotopic (exact) mass is 275 g/mol. The maximum Gasteiger partial charge on any atom is 0.260 e. The number of benzene rings is 1. The van der Waals surface area contributed by atoms with Gasteiger partial charge in [0.15, 0.2) is 6.61 Å². The number of hydrogen-bond donors (Lipinski definition) is 1. The lowest BCUT2D eigenvalue weighted by molar-refractivity contribution is -0.132. The van der Waals surface area contributed by atoms with Crippen LogP contribution < -0.4 is 4.74 Å². The highest BCUT2D eigenvalue weighted by atomic mass is 16.5. The third-order valence-corrected chi connectivity index (χ3v) is 4.22. The molecule has 2 aliphatic rings. The minimum Gasteiger partial charge on any atom is -0.484 e. The number of likely N-dealkylation sites (tertiary alicyclic amines) is 1. The van der Waals surface area contributed by atoms with Crippen LogP contribution in [0.1, 0.15) is 42.9 Å². The lowest BCUT2D eigenvalue weighted by Crippen LogP contribution is -2.32. The van der Waals surface area contributed by atoms with Crippen LogP contribution in [-0.4, -0.2) is 35.6 Å². The number of rotatable bonds is 3. The average molecular weight is 275 g/mol. The van der Waals surface area contributed by atoms with E-state index in [0.717, 1.165) is 62.1 Å². The van der Waals surface area contributed by atoms with Crippen molar-refractivity contribution in [3.8, 4) is 5.75 Å². The summed E-state index contributed by atoms with van der Waals surface area (Å²) in [5, 5.41) is 9.91. The van der Waals surface area contributed by atoms with Gasteiger partial charge in [-0.25, -0.2) is 0 Å². The summed E-state index contributed by atoms with van der Waals surface area (Å²) in [6.07, 6.45) is 4.67. The molecule has 0 radical (unpaired) electrons. The minimum absolute atomic E-state index is 0.0697. The van der Waals surface area contributed by atoms with Gasteiger partial charge in [0.25, 0.3) is 5.91 Å². The van der Waals surface area contributed by atoms with E-state index < -0.39 is 0 Å². The minimum atomic E-state index is -0.348. The van der Waals surface area contributed by atoms with Crippen molar-refractivity contribution in [1.82, 2.24) is 4.90 Å². The molecule has 3 rings (SSSR count). The number of carbonyl (C=O) groups excluding carboxylic acids is 1. The molecular weight excluding hydrogens is 254 g/mol. The van der Waals surface area contributed by atoms with E-state index in [1.165, 1.54) is 0 Å². The third kappa shape index (κ3) is 2.80. The van der Waals surface area contributed by atoms with Gasteiger partial charge in [-0.1, -0.05) is 6.07 Å². The number of ether oxygens (including phenoxy) is 1. The maximum absolute atomic E-state index is 11.9. The second-order valence-corrected chi connectivity index (χ2v) is 5.65. The predicted octanol–water partition coefficient (Wildman–Crippen LogP) is 2.06. The van der Waals surface area contributed by atoms with Crippen LogP contribution >= 0.6 is 0 Å². The van der Waals surface area contributed by atoms with E-state index in [9.17, 15) is 9.90 Å². The van der Waals surface area contributed by atoms with Gasteiger partial charge in [-0.05, 0) is 55.4 Å². The topological polar surface area (TPSA) is 49.8 Å². The van der Waals surface area contributed by atoms with E-state index >= 15 is 0 Å². The molecule has 1 aromatic rings. The number of aryl methyl sites for hydroxylation is 1. The van der Waals surface area contributed by atoms with Crippen LogP contribution in [0.15, 0.2) is 18.2 Å². The largest absolute Gasteiger partial charge is 0.484 e. The number of hydrogen-bond acceptors (Lipinski definition) is 3. The predicted molar refractivity (Wildman–Crippen MR) is 75.6 cm³/mol. The summed E-state index contributed by atoms with van der Waals surface area (Å²) in [4.78, 5) is 13.8. The molecule has 1 aromatic carbocycles. The van der Waals surface area contributed by atoms with Crippen LogP contribution in [0.5, 0.6) is 5.75 Å². The van der Waals surface area contributed by atoms with Gasteiger partial charge in [0.05, 0.1) is 6.10 Å². The molecule has 1 amide bonds. The van der Waals surface area contributed by atoms with Gasteiger partial charge in [-0.15, -0.1) is 0 Å². The van der Waals surface area contributed by atoms with E-state index in [2.05, 4.69) is 0 Å². The van der Waals surface area contributed by atoms with Crippen molar-refractivity contribution in [3.63, 3.8) is 0 Å². The molecule has 0 saturated carbocycles. The summed E-state index contributed by atoms with van der Waals surface area (Å²) >= 11 is 0. The van der Waals surface area contributed by atoms with Crippen LogP contribution in [0, 0.1) is 0 Å². The van der Waals surface area contributed by atoms with Crippen molar-refractivity contribution in [2.45, 2.75) is 38.2 Å². The second kappa shape index (κ2) is 5.83. The molecule has 108 valence electrons. The molecule has 1 heterocycles. The Morgan fingerprint density at radius 3 is 2.90 bits per heavy atom. The average Bonchev–Trinajstić information content (AvgIpc) is 2.99. The quantitative estimate of drug-likeness (QED) is 0.918. The highest BCUT2D eigenvalue weighted by molar-refractivity contribution is 5.78. The molecular formula is C16H21NO3. The first-order valence-electron chi connectivity index (χ1n) is 7.45. The van der Waals surface area contributed by atoms with Crippen LogP contribution in [-0.2, 0) is 11.2 Å². The van der Waals surface area contributed by atoms with Gasteiger partial charge in [0.1, 0.15) is 5.75 Å². The van der Waals surface area contributed by atoms with Crippen LogP contribution in [0.25, 0.3) is 0 Å². The molecule has 1 saturated heterocycles. The number of nitrogens with zero attached hydrogens (tertiary/aromatic N) is 1. The zero-order valence-electron chi connectivity index (χ0n) is 11.7. The standard InChI is InChI=1S/C16H21NO3/c18-15-5-3-4-12-10-13(6-7-14(12)15)20-11-16(19)17-8-1-2-9-17/h6-7,10,15,18H,1-5,8-9,11H2. The van der Waals surface area contributed by atoms with Gasteiger partial charge >= 0.3 is 0 Å². The highest BCUT2D eigenvalue weighted by Gasteiger charge is 2.20. The Morgan fingerprint density at radius 1 is 1.30 bits per heavy atom. The molecule has 1 N–H and O–H groups in total. The number of fused-ring (bicyclic) bond motifs is 1. The van der Waals surface area contributed by atoms with Crippen molar-refractivity contribution in [1.29, 1.82) is 0 Å². The molecule has 1 unspecified atom stereocenters. The first-order valence-corrected chi connectivity index (χ1v) is 7.45. The summed E-state index contributed by atoms with van der Waals surface area (Å²) in [5.74, 6) is 0.797. The lowest BCUT2D eigenvalue weighted by Gasteiger charge is -2.22. The van der Waals surface area contributed by atoms with Crippen LogP contribution in [0.4, 0.5) is 0 Å². The zero-order valence-corrected chi connectivity index (χ0v) is 11.7. The lowest BCUT2D eigenvalue weighted by atomic mass is 9.89. The van der Waals surface area contributed by atoms with Gasteiger partial charge in [0, 0.05) is 13.1 Å². The molecule has 1 atom stereocenters. The SMILES string of the molecule is O=C(COc1ccc2c(c1)CCCC2O)N1CCCC1. The van der Waals surface area contributed by atoms with E-state index in [-0.39, 0.29) is 18.6 Å². The molecule has 0 bridgehead atoms. The summed E-state index contributed by atoms with van der Waals surface area (Å²) < 4.78 is 5.61. The van der Waals surface area contributed by atoms with E-state index in [4.69, 9.17) is 4.74 Å². The normalized spacial score (nSPS) is 21.6. The Balaban J connectivity index is 1.62. The first-order chi connectivity index (χ1) is 9.74. The summed E-state index contributed by atoms with van der Waals surface area (Å²) in [6, 6.07) is 5.74. The first kappa shape index (κ1) is 13.4. The summed E-state index contributed by atoms with van der Waals surface area (Å²) in [6.45, 7) is 1.83. The second-order valence-electron chi connectivity index (χ2n) is 5.65. The zero-order chi connectivity index (χ0) is 13.9. The van der Waals surface area contributed by atoms with Gasteiger partial charge in [0.2, 0.25) is 0 Å². The van der Waals surface area contributed by atoms with E-state index in [0.29, 0.717) is 0 Å². The Labute approximate surface area is 119 Å². The van der Waals surface area contributed by atoms with Crippen molar-refractivity contribution < 1.29 is 14.6 Å². The molecule has 1 aliphatic heterocycles. The molecule has 4 nitrogen and oxygen atoms in total. The van der Waals surface area contributed by atoms with Crippen LogP contribution in [0.2, 0.25) is 0 Å². The third-order valence-electron chi connectivity index (χ3n) is 4.22. The number of amides is 1. The smallest absolute Gasteiger partial charge is 0.260 e. The molecule has 0 aromatic heterocycles. The van der Waals surface area contributed by atoms with E-state index in [1.54, 1.807) is 0 Å². The fourth-order valence-electron chi connectivity index (χ4n) is 3.06. The fraction of sp³-hybridized carbons (Fsp3) is 0.562. The van der Waals surface area contributed by atoms with E-state index in [1.807, 2.05) is 23.1 Å². The molecule has 1 fully saturated rings. The van der Waals surface area contributed by atoms with Crippen molar-refractivity contribution in [2.24, 2.45) is 0 Å². The van der Waals surface area contributed by atoms with Crippen molar-refractivity contribution in [3.05, 3.63) is 29.3 Å². The number of aliphatic hydroxyl groups is 1. The Hall–Kier alpha value is -1.55. The van der Waals surface area contributed by atoms with Gasteiger partial charge < -0.3 is 14.7 Å². The van der Waals surface area contributed by atoms with Crippen molar-refractivity contribution in [2.75, 3.05) is 19.7 Å². The number of carbonyl (C=O) groups is 1. The van der Waals surface area contributed by atoms with Crippen LogP contribution in [0.3, 0.4) is 0 Å². The molecule has 0 spiro atoms. The summed E-state index contributed by atoms with van der Waals surface area (Å²) in [5.41, 5.74) is 2.16.